The van der Waals surface area contributed by atoms with E-state index in [1.54, 1.807) is 0 Å². The first-order chi connectivity index (χ1) is 33.3. The van der Waals surface area contributed by atoms with Crippen molar-refractivity contribution < 1.29 is 108 Å². The zero-order valence-corrected chi connectivity index (χ0v) is 41.4. The average molecular weight is 1010 g/mol. The minimum atomic E-state index is -1.94. The zero-order chi connectivity index (χ0) is 51.8. The van der Waals surface area contributed by atoms with E-state index in [-0.39, 0.29) is 6.61 Å². The van der Waals surface area contributed by atoms with Gasteiger partial charge in [-0.15, -0.1) is 0 Å². The van der Waals surface area contributed by atoms with Crippen LogP contribution in [-0.2, 0) is 61.8 Å². The van der Waals surface area contributed by atoms with E-state index in [1.807, 2.05) is 6.92 Å². The summed E-state index contributed by atoms with van der Waals surface area (Å²) < 4.78 is 51.6. The van der Waals surface area contributed by atoms with Gasteiger partial charge in [0.1, 0.15) is 55.4 Å². The fourth-order valence-electron chi connectivity index (χ4n) is 8.78. The van der Waals surface area contributed by atoms with Crippen LogP contribution in [0.15, 0.2) is 0 Å². The molecule has 22 heteroatoms. The van der Waals surface area contributed by atoms with Gasteiger partial charge < -0.3 is 88.6 Å². The molecule has 0 aliphatic carbocycles. The summed E-state index contributed by atoms with van der Waals surface area (Å²) in [5.41, 5.74) is 0. The van der Waals surface area contributed by atoms with Crippen LogP contribution >= 0.6 is 0 Å². The van der Waals surface area contributed by atoms with Crippen LogP contribution in [0.2, 0.25) is 0 Å². The summed E-state index contributed by atoms with van der Waals surface area (Å²) in [6, 6.07) is 0. The summed E-state index contributed by atoms with van der Waals surface area (Å²) in [5, 5.41) is 95.3. The monoisotopic (exact) mass is 1010 g/mol. The number of hydrogen-bond acceptors (Lipinski definition) is 21. The maximum atomic E-state index is 12.0. The average Bonchev–Trinajstić information content (AvgIpc) is 3.30. The topological polar surface area (TPSA) is 333 Å². The van der Waals surface area contributed by atoms with Crippen molar-refractivity contribution in [3.05, 3.63) is 0 Å². The Labute approximate surface area is 411 Å². The molecule has 0 aromatic carbocycles. The fourth-order valence-corrected chi connectivity index (χ4v) is 8.78. The number of ether oxygens (including phenoxy) is 9. The molecular weight excluding hydrogens is 929 g/mol. The van der Waals surface area contributed by atoms with Gasteiger partial charge in [0.05, 0.1) is 31.5 Å². The predicted octanol–water partition coefficient (Wildman–Crippen LogP) is 1.80. The van der Waals surface area contributed by atoms with Gasteiger partial charge in [-0.1, -0.05) is 96.8 Å². The maximum Gasteiger partial charge on any atom is 0.332 e. The van der Waals surface area contributed by atoms with Gasteiger partial charge in [0.2, 0.25) is 0 Å². The fraction of sp³-hybridized carbons (Fsp3) is 0.917. The number of carbonyl (C=O) groups excluding carboxylic acids is 3. The highest BCUT2D eigenvalue weighted by Crippen LogP contribution is 2.33. The van der Waals surface area contributed by atoms with Crippen molar-refractivity contribution in [1.82, 2.24) is 0 Å². The zero-order valence-electron chi connectivity index (χ0n) is 41.4. The predicted molar refractivity (Wildman–Crippen MR) is 244 cm³/mol. The standard InChI is InChI=1S/C48H84O22/c1-5-6-20-31(21-19-24-33(53)32(52)22-17-15-13-11-9-7-8-10-12-14-16-18-23-34(54)45(60)61)67-47-43(38(56)35(55)25-63-47)70-48-44(39(57)36(26-64-48)65-29(3)50)69-46-41(59)40(58)42(66-30(4)51)37(68-46)27-62-28(2)49/h31-44,46-48,52-59H,5-27H2,1-4H3,(H,60,61)/t31-,32-,33+,34+,35?,36?,37?,38?,39?,40?,41?,42?,43?,44?,46?,47?,48?/m1/s1. The number of aliphatic hydroxyl groups is 8. The Morgan fingerprint density at radius 1 is 0.543 bits per heavy atom. The summed E-state index contributed by atoms with van der Waals surface area (Å²) >= 11 is 0. The molecule has 3 saturated heterocycles. The smallest absolute Gasteiger partial charge is 0.332 e. The number of carboxylic acid groups (broad SMARTS) is 1. The molecule has 408 valence electrons. The number of aliphatic carboxylic acids is 1. The van der Waals surface area contributed by atoms with E-state index in [9.17, 15) is 60.0 Å². The molecule has 70 heavy (non-hydrogen) atoms. The first-order valence-electron chi connectivity index (χ1n) is 25.3. The largest absolute Gasteiger partial charge is 0.479 e. The van der Waals surface area contributed by atoms with Crippen molar-refractivity contribution in [3.8, 4) is 0 Å². The number of rotatable bonds is 34. The third-order valence-corrected chi connectivity index (χ3v) is 12.8. The lowest BCUT2D eigenvalue weighted by atomic mass is 9.98. The Kier molecular flexibility index (Phi) is 29.2. The second kappa shape index (κ2) is 33.2. The van der Waals surface area contributed by atoms with Crippen LogP contribution < -0.4 is 0 Å². The number of carbonyl (C=O) groups is 4. The summed E-state index contributed by atoms with van der Waals surface area (Å²) in [7, 11) is 0. The third-order valence-electron chi connectivity index (χ3n) is 12.8. The molecule has 3 aliphatic heterocycles. The van der Waals surface area contributed by atoms with Gasteiger partial charge in [0, 0.05) is 20.8 Å². The van der Waals surface area contributed by atoms with E-state index in [0.717, 1.165) is 104 Å². The number of esters is 3. The maximum absolute atomic E-state index is 12.0. The van der Waals surface area contributed by atoms with E-state index < -0.39 is 141 Å². The van der Waals surface area contributed by atoms with Crippen LogP contribution in [0.1, 0.15) is 156 Å². The summed E-state index contributed by atoms with van der Waals surface area (Å²) in [5.74, 6) is -3.51. The molecule has 0 spiro atoms. The third kappa shape index (κ3) is 21.8. The van der Waals surface area contributed by atoms with Gasteiger partial charge in [-0.2, -0.15) is 0 Å². The Morgan fingerprint density at radius 3 is 1.61 bits per heavy atom. The molecule has 3 aliphatic rings. The van der Waals surface area contributed by atoms with Crippen LogP contribution in [0.4, 0.5) is 0 Å². The Hall–Kier alpha value is -2.68. The number of carboxylic acids is 1. The van der Waals surface area contributed by atoms with Crippen molar-refractivity contribution in [2.24, 2.45) is 0 Å². The first-order valence-corrected chi connectivity index (χ1v) is 25.3. The van der Waals surface area contributed by atoms with Crippen LogP contribution in [0.25, 0.3) is 0 Å². The van der Waals surface area contributed by atoms with Gasteiger partial charge in [-0.25, -0.2) is 4.79 Å². The minimum Gasteiger partial charge on any atom is -0.479 e. The van der Waals surface area contributed by atoms with Gasteiger partial charge in [0.25, 0.3) is 0 Å². The molecule has 0 saturated carbocycles. The molecule has 3 fully saturated rings. The van der Waals surface area contributed by atoms with Crippen molar-refractivity contribution in [1.29, 1.82) is 0 Å². The molecule has 0 aromatic rings. The number of aliphatic hydroxyl groups excluding tert-OH is 8. The van der Waals surface area contributed by atoms with Crippen LogP contribution in [0.3, 0.4) is 0 Å². The number of unbranched alkanes of at least 4 members (excludes halogenated alkanes) is 12. The second-order valence-corrected chi connectivity index (χ2v) is 18.8. The Bertz CT molecular complexity index is 1490. The molecule has 0 bridgehead atoms. The molecule has 9 N–H and O–H groups in total. The molecule has 0 aromatic heterocycles. The van der Waals surface area contributed by atoms with Crippen LogP contribution in [-0.4, -0.2) is 194 Å². The summed E-state index contributed by atoms with van der Waals surface area (Å²) in [6.45, 7) is 3.97. The normalized spacial score (nSPS) is 31.0. The van der Waals surface area contributed by atoms with Gasteiger partial charge >= 0.3 is 23.9 Å². The number of hydrogen-bond donors (Lipinski definition) is 9. The van der Waals surface area contributed by atoms with Gasteiger partial charge in [0.15, 0.2) is 37.2 Å². The molecular formula is C48H84O22. The van der Waals surface area contributed by atoms with Crippen molar-refractivity contribution in [3.63, 3.8) is 0 Å². The lowest BCUT2D eigenvalue weighted by Gasteiger charge is -2.47. The van der Waals surface area contributed by atoms with Crippen LogP contribution in [0.5, 0.6) is 0 Å². The highest BCUT2D eigenvalue weighted by atomic mass is 16.8. The molecule has 13 unspecified atom stereocenters. The van der Waals surface area contributed by atoms with E-state index in [0.29, 0.717) is 44.9 Å². The van der Waals surface area contributed by atoms with Gasteiger partial charge in [-0.3, -0.25) is 14.4 Å². The molecule has 0 radical (unpaired) electrons. The Balaban J connectivity index is 1.55. The lowest BCUT2D eigenvalue weighted by Crippen LogP contribution is -2.65. The SMILES string of the molecule is CCCC[C@H](CCC[C@H](O)[C@H](O)CCCCCCCCCCCCCC[C@H](O)C(=O)O)OC1OCC(O)C(O)C1OC1OCC(OC(C)=O)C(O)C1OC1OC(COC(C)=O)C(OC(C)=O)C(O)C1O. The van der Waals surface area contributed by atoms with E-state index in [4.69, 9.17) is 47.7 Å². The van der Waals surface area contributed by atoms with E-state index >= 15 is 0 Å². The summed E-state index contributed by atoms with van der Waals surface area (Å²) in [6.07, 6.45) is -8.11. The van der Waals surface area contributed by atoms with E-state index in [1.165, 1.54) is 0 Å². The van der Waals surface area contributed by atoms with Crippen molar-refractivity contribution >= 4 is 23.9 Å². The highest BCUT2D eigenvalue weighted by Gasteiger charge is 2.53. The van der Waals surface area contributed by atoms with Crippen molar-refractivity contribution in [2.75, 3.05) is 19.8 Å². The van der Waals surface area contributed by atoms with Gasteiger partial charge in [-0.05, 0) is 38.5 Å². The molecule has 3 rings (SSSR count). The van der Waals surface area contributed by atoms with Crippen molar-refractivity contribution in [2.45, 2.75) is 260 Å². The first kappa shape index (κ1) is 61.6. The molecule has 22 nitrogen and oxygen atoms in total. The summed E-state index contributed by atoms with van der Waals surface area (Å²) in [4.78, 5) is 46.1. The second-order valence-electron chi connectivity index (χ2n) is 18.8. The Morgan fingerprint density at radius 2 is 1.06 bits per heavy atom. The molecule has 17 atom stereocenters. The molecule has 3 heterocycles. The van der Waals surface area contributed by atoms with E-state index in [2.05, 4.69) is 0 Å². The molecule has 0 amide bonds. The quantitative estimate of drug-likeness (QED) is 0.0252. The van der Waals surface area contributed by atoms with Crippen LogP contribution in [0, 0.1) is 0 Å². The lowest BCUT2D eigenvalue weighted by molar-refractivity contribution is -0.380. The minimum absolute atomic E-state index is 0.297. The highest BCUT2D eigenvalue weighted by molar-refractivity contribution is 5.71.